The van der Waals surface area contributed by atoms with E-state index in [9.17, 15) is 18.4 Å². The molecule has 0 aliphatic carbocycles. The number of nitrogens with one attached hydrogen (secondary N) is 1. The molecule has 0 spiro atoms. The fourth-order valence-corrected chi connectivity index (χ4v) is 2.96. The van der Waals surface area contributed by atoms with Gasteiger partial charge >= 0.3 is 5.97 Å². The van der Waals surface area contributed by atoms with Crippen LogP contribution in [0.1, 0.15) is 17.4 Å². The second-order valence-electron chi connectivity index (χ2n) is 5.56. The van der Waals surface area contributed by atoms with Crippen LogP contribution in [-0.4, -0.2) is 23.0 Å². The van der Waals surface area contributed by atoms with Crippen LogP contribution >= 0.6 is 11.3 Å². The normalized spacial score (nSPS) is 11.7. The average Bonchev–Trinajstić information content (AvgIpc) is 3.14. The molecule has 0 aliphatic rings. The van der Waals surface area contributed by atoms with Gasteiger partial charge in [0.15, 0.2) is 11.8 Å². The predicted molar refractivity (Wildman–Crippen MR) is 97.4 cm³/mol. The molecule has 0 bridgehead atoms. The Labute approximate surface area is 157 Å². The summed E-state index contributed by atoms with van der Waals surface area (Å²) in [5, 5.41) is 4.37. The molecular weight excluding hydrogens is 374 g/mol. The van der Waals surface area contributed by atoms with Crippen LogP contribution in [0.2, 0.25) is 0 Å². The van der Waals surface area contributed by atoms with Gasteiger partial charge in [-0.05, 0) is 43.3 Å². The van der Waals surface area contributed by atoms with Crippen LogP contribution in [0.15, 0.2) is 53.9 Å². The number of nitrogens with zero attached hydrogens (tertiary/aromatic N) is 1. The zero-order valence-electron chi connectivity index (χ0n) is 14.1. The van der Waals surface area contributed by atoms with Crippen molar-refractivity contribution in [2.45, 2.75) is 13.0 Å². The molecule has 0 unspecified atom stereocenters. The molecule has 3 aromatic rings. The predicted octanol–water partition coefficient (Wildman–Crippen LogP) is 4.27. The van der Waals surface area contributed by atoms with Crippen molar-refractivity contribution in [1.82, 2.24) is 4.98 Å². The molecule has 1 heterocycles. The van der Waals surface area contributed by atoms with Crippen LogP contribution in [0, 0.1) is 11.6 Å². The number of para-hydroxylation sites is 1. The van der Waals surface area contributed by atoms with Crippen molar-refractivity contribution in [3.8, 4) is 10.6 Å². The number of thiazole rings is 1. The monoisotopic (exact) mass is 388 g/mol. The number of amides is 1. The van der Waals surface area contributed by atoms with Crippen molar-refractivity contribution in [3.63, 3.8) is 0 Å². The highest BCUT2D eigenvalue weighted by atomic mass is 32.1. The van der Waals surface area contributed by atoms with Gasteiger partial charge in [0.05, 0.1) is 5.69 Å². The van der Waals surface area contributed by atoms with Crippen molar-refractivity contribution in [2.75, 3.05) is 5.32 Å². The van der Waals surface area contributed by atoms with Crippen LogP contribution in [0.25, 0.3) is 10.6 Å². The summed E-state index contributed by atoms with van der Waals surface area (Å²) in [4.78, 5) is 28.4. The number of esters is 1. The molecule has 8 heteroatoms. The molecule has 0 radical (unpaired) electrons. The first-order chi connectivity index (χ1) is 12.9. The number of aromatic nitrogens is 1. The third-order valence-electron chi connectivity index (χ3n) is 3.59. The average molecular weight is 388 g/mol. The molecule has 27 heavy (non-hydrogen) atoms. The van der Waals surface area contributed by atoms with Crippen LogP contribution < -0.4 is 5.32 Å². The highest BCUT2D eigenvalue weighted by Gasteiger charge is 2.22. The fourth-order valence-electron chi connectivity index (χ4n) is 2.16. The third-order valence-corrected chi connectivity index (χ3v) is 4.48. The zero-order valence-corrected chi connectivity index (χ0v) is 14.9. The Morgan fingerprint density at radius 3 is 2.52 bits per heavy atom. The molecule has 0 saturated heterocycles. The largest absolute Gasteiger partial charge is 0.448 e. The molecule has 0 fully saturated rings. The number of benzene rings is 2. The maximum Gasteiger partial charge on any atom is 0.358 e. The molecule has 5 nitrogen and oxygen atoms in total. The first-order valence-electron chi connectivity index (χ1n) is 7.92. The van der Waals surface area contributed by atoms with E-state index < -0.39 is 23.8 Å². The molecule has 138 valence electrons. The van der Waals surface area contributed by atoms with Crippen molar-refractivity contribution < 1.29 is 23.1 Å². The van der Waals surface area contributed by atoms with Crippen molar-refractivity contribution >= 4 is 28.9 Å². The summed E-state index contributed by atoms with van der Waals surface area (Å²) in [5.74, 6) is -2.41. The highest BCUT2D eigenvalue weighted by Crippen LogP contribution is 2.24. The van der Waals surface area contributed by atoms with Crippen molar-refractivity contribution in [3.05, 3.63) is 71.2 Å². The lowest BCUT2D eigenvalue weighted by Gasteiger charge is -2.13. The van der Waals surface area contributed by atoms with Crippen molar-refractivity contribution in [2.24, 2.45) is 0 Å². The number of carbonyl (C=O) groups is 2. The Bertz CT molecular complexity index is 973. The second kappa shape index (κ2) is 8.05. The number of rotatable bonds is 5. The Kier molecular flexibility index (Phi) is 5.56. The van der Waals surface area contributed by atoms with Crippen LogP contribution in [-0.2, 0) is 9.53 Å². The van der Waals surface area contributed by atoms with Gasteiger partial charge in [-0.25, -0.2) is 18.6 Å². The maximum absolute atomic E-state index is 13.6. The summed E-state index contributed by atoms with van der Waals surface area (Å²) in [6.45, 7) is 1.38. The van der Waals surface area contributed by atoms with Gasteiger partial charge in [0.2, 0.25) is 0 Å². The van der Waals surface area contributed by atoms with Crippen molar-refractivity contribution in [1.29, 1.82) is 0 Å². The standard InChI is InChI=1S/C19H14F2N2O3S/c1-11(17(24)22-15-5-3-2-4-14(15)21)26-19(25)16-10-27-18(23-16)12-6-8-13(20)9-7-12/h2-11H,1H3,(H,22,24)/t11-/m0/s1. The van der Waals surface area contributed by atoms with Gasteiger partial charge in [-0.3, -0.25) is 4.79 Å². The molecule has 1 atom stereocenters. The number of hydrogen-bond acceptors (Lipinski definition) is 5. The molecular formula is C19H14F2N2O3S. The van der Waals surface area contributed by atoms with E-state index in [2.05, 4.69) is 10.3 Å². The number of ether oxygens (including phenoxy) is 1. The summed E-state index contributed by atoms with van der Waals surface area (Å²) in [6.07, 6.45) is -1.15. The molecule has 3 rings (SSSR count). The third kappa shape index (κ3) is 4.53. The van der Waals surface area contributed by atoms with Gasteiger partial charge in [0.25, 0.3) is 5.91 Å². The lowest BCUT2D eigenvalue weighted by Crippen LogP contribution is -2.30. The number of hydrogen-bond donors (Lipinski definition) is 1. The molecule has 0 aliphatic heterocycles. The van der Waals surface area contributed by atoms with Crippen LogP contribution in [0.3, 0.4) is 0 Å². The van der Waals surface area contributed by atoms with E-state index in [4.69, 9.17) is 4.74 Å². The minimum Gasteiger partial charge on any atom is -0.448 e. The molecule has 1 N–H and O–H groups in total. The first kappa shape index (κ1) is 18.7. The summed E-state index contributed by atoms with van der Waals surface area (Å²) < 4.78 is 31.6. The Balaban J connectivity index is 1.64. The van der Waals surface area contributed by atoms with Gasteiger partial charge in [-0.15, -0.1) is 11.3 Å². The SMILES string of the molecule is C[C@H](OC(=O)c1csc(-c2ccc(F)cc2)n1)C(=O)Nc1ccccc1F. The molecule has 1 aromatic heterocycles. The maximum atomic E-state index is 13.6. The fraction of sp³-hybridized carbons (Fsp3) is 0.105. The van der Waals surface area contributed by atoms with E-state index in [1.54, 1.807) is 18.2 Å². The second-order valence-corrected chi connectivity index (χ2v) is 6.42. The van der Waals surface area contributed by atoms with Gasteiger partial charge < -0.3 is 10.1 Å². The minimum absolute atomic E-state index is 0.00217. The zero-order chi connectivity index (χ0) is 19.4. The summed E-state index contributed by atoms with van der Waals surface area (Å²) in [7, 11) is 0. The Morgan fingerprint density at radius 2 is 1.81 bits per heavy atom. The van der Waals surface area contributed by atoms with Gasteiger partial charge in [-0.1, -0.05) is 12.1 Å². The summed E-state index contributed by atoms with van der Waals surface area (Å²) >= 11 is 1.19. The van der Waals surface area contributed by atoms with E-state index in [1.807, 2.05) is 0 Å². The van der Waals surface area contributed by atoms with E-state index in [1.165, 1.54) is 54.0 Å². The first-order valence-corrected chi connectivity index (χ1v) is 8.80. The van der Waals surface area contributed by atoms with Crippen LogP contribution in [0.4, 0.5) is 14.5 Å². The molecule has 2 aromatic carbocycles. The smallest absolute Gasteiger partial charge is 0.358 e. The number of halogens is 2. The minimum atomic E-state index is -1.15. The van der Waals surface area contributed by atoms with Crippen LogP contribution in [0.5, 0.6) is 0 Å². The van der Waals surface area contributed by atoms with Gasteiger partial charge in [0.1, 0.15) is 16.6 Å². The quantitative estimate of drug-likeness (QED) is 0.663. The number of carbonyl (C=O) groups excluding carboxylic acids is 2. The van der Waals surface area contributed by atoms with E-state index in [-0.39, 0.29) is 17.2 Å². The van der Waals surface area contributed by atoms with Gasteiger partial charge in [0, 0.05) is 10.9 Å². The number of anilines is 1. The highest BCUT2D eigenvalue weighted by molar-refractivity contribution is 7.13. The Morgan fingerprint density at radius 1 is 1.11 bits per heavy atom. The lowest BCUT2D eigenvalue weighted by molar-refractivity contribution is -0.123. The summed E-state index contributed by atoms with van der Waals surface area (Å²) in [5.41, 5.74) is 0.688. The van der Waals surface area contributed by atoms with E-state index in [0.717, 1.165) is 0 Å². The van der Waals surface area contributed by atoms with E-state index in [0.29, 0.717) is 10.6 Å². The molecule has 0 saturated carbocycles. The Hall–Kier alpha value is -3.13. The van der Waals surface area contributed by atoms with Gasteiger partial charge in [-0.2, -0.15) is 0 Å². The summed E-state index contributed by atoms with van der Waals surface area (Å²) in [6, 6.07) is 11.4. The molecule has 1 amide bonds. The lowest BCUT2D eigenvalue weighted by atomic mass is 10.2. The topological polar surface area (TPSA) is 68.3 Å². The van der Waals surface area contributed by atoms with E-state index >= 15 is 0 Å².